The summed E-state index contributed by atoms with van der Waals surface area (Å²) in [6.07, 6.45) is 3.76. The fourth-order valence-electron chi connectivity index (χ4n) is 3.75. The molecule has 3 aromatic carbocycles. The first-order chi connectivity index (χ1) is 12.9. The van der Waals surface area contributed by atoms with E-state index in [1.807, 2.05) is 0 Å². The first kappa shape index (κ1) is 18.4. The molecule has 0 aromatic heterocycles. The minimum atomic E-state index is -0.185. The van der Waals surface area contributed by atoms with E-state index in [2.05, 4.69) is 103 Å². The van der Waals surface area contributed by atoms with E-state index in [4.69, 9.17) is 0 Å². The molecule has 3 aromatic rings. The fraction of sp³-hybridized carbons (Fsp3) is 0.280. The molecule has 0 aliphatic rings. The van der Waals surface area contributed by atoms with E-state index in [0.717, 1.165) is 13.1 Å². The van der Waals surface area contributed by atoms with E-state index >= 15 is 0 Å². The molecule has 0 unspecified atom stereocenters. The molecule has 0 aliphatic heterocycles. The molecule has 0 saturated heterocycles. The molecule has 0 spiro atoms. The molecule has 1 N–H and O–H groups in total. The van der Waals surface area contributed by atoms with E-state index < -0.39 is 0 Å². The molecule has 0 radical (unpaired) electrons. The molecule has 134 valence electrons. The number of unbranched alkanes of at least 4 members (excludes halogenated alkanes) is 2. The third kappa shape index (κ3) is 4.05. The van der Waals surface area contributed by atoms with Crippen LogP contribution in [0.1, 0.15) is 42.9 Å². The Morgan fingerprint density at radius 3 is 1.42 bits per heavy atom. The van der Waals surface area contributed by atoms with Gasteiger partial charge in [-0.2, -0.15) is 0 Å². The second-order valence-electron chi connectivity index (χ2n) is 6.89. The maximum atomic E-state index is 3.76. The van der Waals surface area contributed by atoms with Crippen LogP contribution in [0.15, 0.2) is 91.0 Å². The molecule has 1 heteroatoms. The second kappa shape index (κ2) is 9.35. The van der Waals surface area contributed by atoms with Crippen molar-refractivity contribution in [3.05, 3.63) is 108 Å². The van der Waals surface area contributed by atoms with Gasteiger partial charge in [-0.3, -0.25) is 0 Å². The summed E-state index contributed by atoms with van der Waals surface area (Å²) in [6.45, 7) is 4.21. The average molecular weight is 344 g/mol. The van der Waals surface area contributed by atoms with Gasteiger partial charge < -0.3 is 5.32 Å². The monoisotopic (exact) mass is 343 g/mol. The highest BCUT2D eigenvalue weighted by atomic mass is 14.9. The minimum Gasteiger partial charge on any atom is -0.315 e. The van der Waals surface area contributed by atoms with Crippen molar-refractivity contribution < 1.29 is 0 Å². The Kier molecular flexibility index (Phi) is 6.62. The van der Waals surface area contributed by atoms with Crippen LogP contribution in [0.3, 0.4) is 0 Å². The predicted molar refractivity (Wildman–Crippen MR) is 112 cm³/mol. The van der Waals surface area contributed by atoms with Crippen LogP contribution >= 0.6 is 0 Å². The van der Waals surface area contributed by atoms with Crippen LogP contribution in [-0.2, 0) is 5.41 Å². The van der Waals surface area contributed by atoms with Crippen LogP contribution in [0.25, 0.3) is 0 Å². The average Bonchev–Trinajstić information content (AvgIpc) is 2.73. The van der Waals surface area contributed by atoms with Crippen molar-refractivity contribution in [1.29, 1.82) is 0 Å². The molecule has 0 fully saturated rings. The Bertz CT molecular complexity index is 653. The lowest BCUT2D eigenvalue weighted by atomic mass is 9.69. The molecule has 0 amide bonds. The van der Waals surface area contributed by atoms with Gasteiger partial charge in [-0.25, -0.2) is 0 Å². The molecule has 3 rings (SSSR count). The molecule has 0 bridgehead atoms. The molecule has 1 nitrogen and oxygen atoms in total. The Morgan fingerprint density at radius 2 is 1.04 bits per heavy atom. The lowest BCUT2D eigenvalue weighted by molar-refractivity contribution is 0.518. The molecule has 0 atom stereocenters. The second-order valence-corrected chi connectivity index (χ2v) is 6.89. The van der Waals surface area contributed by atoms with Crippen molar-refractivity contribution in [1.82, 2.24) is 5.32 Å². The SMILES string of the molecule is CCCCCNCC(c1ccccc1)(c1ccccc1)c1ccccc1. The van der Waals surface area contributed by atoms with Crippen LogP contribution < -0.4 is 5.32 Å². The van der Waals surface area contributed by atoms with Crippen LogP contribution in [0.5, 0.6) is 0 Å². The molecule has 26 heavy (non-hydrogen) atoms. The van der Waals surface area contributed by atoms with Gasteiger partial charge in [-0.15, -0.1) is 0 Å². The molecule has 0 heterocycles. The summed E-state index contributed by atoms with van der Waals surface area (Å²) >= 11 is 0. The van der Waals surface area contributed by atoms with Gasteiger partial charge in [-0.05, 0) is 29.7 Å². The summed E-state index contributed by atoms with van der Waals surface area (Å²) in [5.41, 5.74) is 3.82. The molecular weight excluding hydrogens is 314 g/mol. The Hall–Kier alpha value is -2.38. The fourth-order valence-corrected chi connectivity index (χ4v) is 3.75. The highest BCUT2D eigenvalue weighted by molar-refractivity contribution is 5.50. The first-order valence-corrected chi connectivity index (χ1v) is 9.75. The van der Waals surface area contributed by atoms with Crippen molar-refractivity contribution in [2.75, 3.05) is 13.1 Å². The lowest BCUT2D eigenvalue weighted by Crippen LogP contribution is -2.40. The summed E-state index contributed by atoms with van der Waals surface area (Å²) < 4.78 is 0. The normalized spacial score (nSPS) is 11.4. The number of nitrogens with one attached hydrogen (secondary N) is 1. The van der Waals surface area contributed by atoms with E-state index in [0.29, 0.717) is 0 Å². The van der Waals surface area contributed by atoms with Crippen LogP contribution in [0.4, 0.5) is 0 Å². The van der Waals surface area contributed by atoms with Gasteiger partial charge in [0, 0.05) is 6.54 Å². The quantitative estimate of drug-likeness (QED) is 0.382. The molecule has 0 saturated carbocycles. The van der Waals surface area contributed by atoms with E-state index in [1.165, 1.54) is 36.0 Å². The highest BCUT2D eigenvalue weighted by Crippen LogP contribution is 2.38. The number of hydrogen-bond donors (Lipinski definition) is 1. The highest BCUT2D eigenvalue weighted by Gasteiger charge is 2.35. The Labute approximate surface area is 158 Å². The van der Waals surface area contributed by atoms with Gasteiger partial charge >= 0.3 is 0 Å². The van der Waals surface area contributed by atoms with Crippen LogP contribution in [-0.4, -0.2) is 13.1 Å². The zero-order chi connectivity index (χ0) is 18.1. The van der Waals surface area contributed by atoms with E-state index in [9.17, 15) is 0 Å². The number of rotatable bonds is 9. The van der Waals surface area contributed by atoms with Gasteiger partial charge in [0.25, 0.3) is 0 Å². The number of benzene rings is 3. The van der Waals surface area contributed by atoms with Crippen LogP contribution in [0.2, 0.25) is 0 Å². The number of hydrogen-bond acceptors (Lipinski definition) is 1. The summed E-state index contributed by atoms with van der Waals surface area (Å²) in [6, 6.07) is 32.7. The predicted octanol–water partition coefficient (Wildman–Crippen LogP) is 5.80. The molecular formula is C25H29N. The van der Waals surface area contributed by atoms with Gasteiger partial charge in [0.05, 0.1) is 5.41 Å². The van der Waals surface area contributed by atoms with Gasteiger partial charge in [0.2, 0.25) is 0 Å². The standard InChI is InChI=1S/C25H29N/c1-2-3-13-20-26-21-25(22-14-7-4-8-15-22,23-16-9-5-10-17-23)24-18-11-6-12-19-24/h4-12,14-19,26H,2-3,13,20-21H2,1H3. The summed E-state index contributed by atoms with van der Waals surface area (Å²) in [7, 11) is 0. The van der Waals surface area contributed by atoms with Crippen molar-refractivity contribution in [2.24, 2.45) is 0 Å². The summed E-state index contributed by atoms with van der Waals surface area (Å²) in [5, 5.41) is 3.76. The largest absolute Gasteiger partial charge is 0.315 e. The zero-order valence-corrected chi connectivity index (χ0v) is 15.7. The minimum absolute atomic E-state index is 0.185. The van der Waals surface area contributed by atoms with Crippen molar-refractivity contribution in [3.63, 3.8) is 0 Å². The summed E-state index contributed by atoms with van der Waals surface area (Å²) in [4.78, 5) is 0. The third-order valence-electron chi connectivity index (χ3n) is 5.15. The lowest BCUT2D eigenvalue weighted by Gasteiger charge is -2.36. The molecule has 0 aliphatic carbocycles. The third-order valence-corrected chi connectivity index (χ3v) is 5.15. The maximum absolute atomic E-state index is 3.76. The summed E-state index contributed by atoms with van der Waals surface area (Å²) in [5.74, 6) is 0. The Morgan fingerprint density at radius 1 is 0.615 bits per heavy atom. The smallest absolute Gasteiger partial charge is 0.0575 e. The van der Waals surface area contributed by atoms with E-state index in [1.54, 1.807) is 0 Å². The topological polar surface area (TPSA) is 12.0 Å². The van der Waals surface area contributed by atoms with E-state index in [-0.39, 0.29) is 5.41 Å². The van der Waals surface area contributed by atoms with Crippen LogP contribution in [0, 0.1) is 0 Å². The van der Waals surface area contributed by atoms with Gasteiger partial charge in [-0.1, -0.05) is 111 Å². The Balaban J connectivity index is 2.06. The van der Waals surface area contributed by atoms with Crippen molar-refractivity contribution >= 4 is 0 Å². The van der Waals surface area contributed by atoms with Crippen molar-refractivity contribution in [2.45, 2.75) is 31.6 Å². The van der Waals surface area contributed by atoms with Crippen molar-refractivity contribution in [3.8, 4) is 0 Å². The van der Waals surface area contributed by atoms with Gasteiger partial charge in [0.1, 0.15) is 0 Å². The first-order valence-electron chi connectivity index (χ1n) is 9.75. The van der Waals surface area contributed by atoms with Gasteiger partial charge in [0.15, 0.2) is 0 Å². The maximum Gasteiger partial charge on any atom is 0.0575 e. The zero-order valence-electron chi connectivity index (χ0n) is 15.7.